The van der Waals surface area contributed by atoms with Crippen LogP contribution in [-0.4, -0.2) is 9.78 Å². The highest BCUT2D eigenvalue weighted by molar-refractivity contribution is 6.30. The van der Waals surface area contributed by atoms with Crippen molar-refractivity contribution in [1.82, 2.24) is 9.78 Å². The van der Waals surface area contributed by atoms with E-state index in [2.05, 4.69) is 5.10 Å². The van der Waals surface area contributed by atoms with Crippen molar-refractivity contribution in [2.75, 3.05) is 5.73 Å². The maximum Gasteiger partial charge on any atom is 0.269 e. The summed E-state index contributed by atoms with van der Waals surface area (Å²) in [6.45, 7) is 0.389. The van der Waals surface area contributed by atoms with E-state index in [0.29, 0.717) is 17.3 Å². The fraction of sp³-hybridized carbons (Fsp3) is 0.0909. The minimum absolute atomic E-state index is 0.222. The van der Waals surface area contributed by atoms with Gasteiger partial charge in [0.05, 0.1) is 18.4 Å². The molecule has 1 aromatic carbocycles. The number of hydrogen-bond donors (Lipinski definition) is 1. The molecule has 82 valence electrons. The van der Waals surface area contributed by atoms with E-state index in [9.17, 15) is 4.79 Å². The molecule has 0 spiro atoms. The van der Waals surface area contributed by atoms with Crippen molar-refractivity contribution in [2.24, 2.45) is 0 Å². The van der Waals surface area contributed by atoms with Gasteiger partial charge >= 0.3 is 0 Å². The third-order valence-corrected chi connectivity index (χ3v) is 2.35. The van der Waals surface area contributed by atoms with Gasteiger partial charge < -0.3 is 5.73 Å². The number of halogens is 1. The summed E-state index contributed by atoms with van der Waals surface area (Å²) >= 11 is 5.85. The molecule has 0 aliphatic carbocycles. The molecule has 0 radical (unpaired) electrons. The standard InChI is InChI=1S/C11H10ClN3O/c12-9-3-1-2-8(4-9)7-15-11(16)5-10(13)6-14-15/h1-6H,7,13H2. The largest absolute Gasteiger partial charge is 0.397 e. The lowest BCUT2D eigenvalue weighted by atomic mass is 10.2. The van der Waals surface area contributed by atoms with E-state index in [1.165, 1.54) is 16.9 Å². The molecular weight excluding hydrogens is 226 g/mol. The Kier molecular flexibility index (Phi) is 2.92. The number of aromatic nitrogens is 2. The Morgan fingerprint density at radius 1 is 1.38 bits per heavy atom. The molecule has 2 aromatic rings. The number of benzene rings is 1. The highest BCUT2D eigenvalue weighted by Gasteiger charge is 2.00. The zero-order valence-electron chi connectivity index (χ0n) is 8.43. The molecule has 16 heavy (non-hydrogen) atoms. The molecule has 0 amide bonds. The maximum absolute atomic E-state index is 11.5. The SMILES string of the molecule is Nc1cnn(Cc2cccc(Cl)c2)c(=O)c1. The lowest BCUT2D eigenvalue weighted by molar-refractivity contribution is 0.640. The molecule has 0 aliphatic heterocycles. The van der Waals surface area contributed by atoms with Gasteiger partial charge in [0, 0.05) is 11.1 Å². The molecule has 0 unspecified atom stereocenters. The zero-order valence-corrected chi connectivity index (χ0v) is 9.19. The molecule has 2 rings (SSSR count). The first-order chi connectivity index (χ1) is 7.65. The predicted octanol–water partition coefficient (Wildman–Crippen LogP) is 1.53. The number of nitrogen functional groups attached to an aromatic ring is 1. The minimum atomic E-state index is -0.222. The van der Waals surface area contributed by atoms with Crippen molar-refractivity contribution in [2.45, 2.75) is 6.54 Å². The van der Waals surface area contributed by atoms with E-state index >= 15 is 0 Å². The molecule has 0 bridgehead atoms. The Labute approximate surface area is 97.3 Å². The Morgan fingerprint density at radius 3 is 2.88 bits per heavy atom. The van der Waals surface area contributed by atoms with Crippen LogP contribution in [0.2, 0.25) is 5.02 Å². The number of nitrogens with zero attached hydrogens (tertiary/aromatic N) is 2. The fourth-order valence-corrected chi connectivity index (χ4v) is 1.59. The lowest BCUT2D eigenvalue weighted by Gasteiger charge is -2.04. The smallest absolute Gasteiger partial charge is 0.269 e. The minimum Gasteiger partial charge on any atom is -0.397 e. The third kappa shape index (κ3) is 2.41. The van der Waals surface area contributed by atoms with Crippen LogP contribution in [-0.2, 0) is 6.54 Å². The molecule has 0 fully saturated rings. The van der Waals surface area contributed by atoms with Crippen LogP contribution in [0.5, 0.6) is 0 Å². The summed E-state index contributed by atoms with van der Waals surface area (Å²) < 4.78 is 1.34. The van der Waals surface area contributed by atoms with Gasteiger partial charge in [0.15, 0.2) is 0 Å². The second kappa shape index (κ2) is 4.37. The van der Waals surface area contributed by atoms with Crippen LogP contribution in [0.1, 0.15) is 5.56 Å². The molecule has 0 aliphatic rings. The molecule has 0 saturated carbocycles. The van der Waals surface area contributed by atoms with E-state index in [1.807, 2.05) is 12.1 Å². The number of nitrogens with two attached hydrogens (primary N) is 1. The third-order valence-electron chi connectivity index (χ3n) is 2.11. The lowest BCUT2D eigenvalue weighted by Crippen LogP contribution is -2.22. The van der Waals surface area contributed by atoms with Crippen LogP contribution >= 0.6 is 11.6 Å². The summed E-state index contributed by atoms with van der Waals surface area (Å²) in [5, 5.41) is 4.58. The number of anilines is 1. The van der Waals surface area contributed by atoms with Crippen LogP contribution in [0.15, 0.2) is 41.3 Å². The Balaban J connectivity index is 2.31. The van der Waals surface area contributed by atoms with Crippen molar-refractivity contribution in [3.05, 3.63) is 57.5 Å². The van der Waals surface area contributed by atoms with Gasteiger partial charge in [-0.25, -0.2) is 4.68 Å². The molecule has 2 N–H and O–H groups in total. The highest BCUT2D eigenvalue weighted by Crippen LogP contribution is 2.10. The van der Waals surface area contributed by atoms with Crippen molar-refractivity contribution >= 4 is 17.3 Å². The first-order valence-corrected chi connectivity index (χ1v) is 5.10. The number of rotatable bonds is 2. The first kappa shape index (κ1) is 10.7. The molecule has 0 saturated heterocycles. The molecular formula is C11H10ClN3O. The van der Waals surface area contributed by atoms with Gasteiger partial charge in [-0.05, 0) is 17.7 Å². The van der Waals surface area contributed by atoms with Crippen molar-refractivity contribution in [3.8, 4) is 0 Å². The summed E-state index contributed by atoms with van der Waals surface area (Å²) in [7, 11) is 0. The average Bonchev–Trinajstić information content (AvgIpc) is 2.22. The van der Waals surface area contributed by atoms with Gasteiger partial charge in [-0.3, -0.25) is 4.79 Å². The Hall–Kier alpha value is -1.81. The van der Waals surface area contributed by atoms with Crippen molar-refractivity contribution in [3.63, 3.8) is 0 Å². The first-order valence-electron chi connectivity index (χ1n) is 4.72. The van der Waals surface area contributed by atoms with E-state index in [0.717, 1.165) is 5.56 Å². The zero-order chi connectivity index (χ0) is 11.5. The fourth-order valence-electron chi connectivity index (χ4n) is 1.37. The van der Waals surface area contributed by atoms with Gasteiger partial charge in [-0.1, -0.05) is 23.7 Å². The second-order valence-corrected chi connectivity index (χ2v) is 3.85. The van der Waals surface area contributed by atoms with E-state index in [-0.39, 0.29) is 5.56 Å². The quantitative estimate of drug-likeness (QED) is 0.859. The van der Waals surface area contributed by atoms with Gasteiger partial charge in [-0.2, -0.15) is 5.10 Å². The Morgan fingerprint density at radius 2 is 2.19 bits per heavy atom. The van der Waals surface area contributed by atoms with Crippen LogP contribution in [0, 0.1) is 0 Å². The predicted molar refractivity (Wildman–Crippen MR) is 63.5 cm³/mol. The monoisotopic (exact) mass is 235 g/mol. The van der Waals surface area contributed by atoms with Crippen LogP contribution < -0.4 is 11.3 Å². The topological polar surface area (TPSA) is 60.9 Å². The van der Waals surface area contributed by atoms with Crippen LogP contribution in [0.3, 0.4) is 0 Å². The average molecular weight is 236 g/mol. The van der Waals surface area contributed by atoms with Crippen molar-refractivity contribution < 1.29 is 0 Å². The normalized spacial score (nSPS) is 10.3. The van der Waals surface area contributed by atoms with Gasteiger partial charge in [0.2, 0.25) is 0 Å². The van der Waals surface area contributed by atoms with Crippen LogP contribution in [0.4, 0.5) is 5.69 Å². The van der Waals surface area contributed by atoms with Gasteiger partial charge in [0.25, 0.3) is 5.56 Å². The molecule has 0 atom stereocenters. The summed E-state index contributed by atoms with van der Waals surface area (Å²) in [6, 6.07) is 8.64. The van der Waals surface area contributed by atoms with Crippen molar-refractivity contribution in [1.29, 1.82) is 0 Å². The molecule has 4 nitrogen and oxygen atoms in total. The van der Waals surface area contributed by atoms with E-state index in [4.69, 9.17) is 17.3 Å². The summed E-state index contributed by atoms with van der Waals surface area (Å²) in [5.74, 6) is 0. The highest BCUT2D eigenvalue weighted by atomic mass is 35.5. The number of hydrogen-bond acceptors (Lipinski definition) is 3. The summed E-state index contributed by atoms with van der Waals surface area (Å²) in [4.78, 5) is 11.5. The van der Waals surface area contributed by atoms with Crippen LogP contribution in [0.25, 0.3) is 0 Å². The van der Waals surface area contributed by atoms with Gasteiger partial charge in [0.1, 0.15) is 0 Å². The molecule has 1 heterocycles. The molecule has 5 heteroatoms. The second-order valence-electron chi connectivity index (χ2n) is 3.41. The van der Waals surface area contributed by atoms with E-state index < -0.39 is 0 Å². The Bertz CT molecular complexity index is 565. The summed E-state index contributed by atoms with van der Waals surface area (Å²) in [6.07, 6.45) is 1.45. The summed E-state index contributed by atoms with van der Waals surface area (Å²) in [5.41, 5.74) is 6.52. The maximum atomic E-state index is 11.5. The molecule has 1 aromatic heterocycles. The van der Waals surface area contributed by atoms with Gasteiger partial charge in [-0.15, -0.1) is 0 Å². The van der Waals surface area contributed by atoms with E-state index in [1.54, 1.807) is 12.1 Å².